The molecule has 1 unspecified atom stereocenters. The van der Waals surface area contributed by atoms with Gasteiger partial charge in [-0.2, -0.15) is 0 Å². The van der Waals surface area contributed by atoms with Gasteiger partial charge in [0, 0.05) is 4.88 Å². The molecule has 1 aromatic carbocycles. The Labute approximate surface area is 114 Å². The van der Waals surface area contributed by atoms with Crippen molar-refractivity contribution in [1.29, 1.82) is 0 Å². The third-order valence-corrected chi connectivity index (χ3v) is 3.54. The van der Waals surface area contributed by atoms with Crippen molar-refractivity contribution in [3.8, 4) is 5.75 Å². The second kappa shape index (κ2) is 6.33. The van der Waals surface area contributed by atoms with Crippen molar-refractivity contribution in [3.05, 3.63) is 52.5 Å². The van der Waals surface area contributed by atoms with E-state index in [0.717, 1.165) is 4.88 Å². The van der Waals surface area contributed by atoms with Crippen LogP contribution in [0.5, 0.6) is 5.75 Å². The Morgan fingerprint density at radius 2 is 2.05 bits per heavy atom. The maximum Gasteiger partial charge on any atom is 0.310 e. The molecule has 3 nitrogen and oxygen atoms in total. The van der Waals surface area contributed by atoms with Crippen molar-refractivity contribution in [2.75, 3.05) is 6.61 Å². The summed E-state index contributed by atoms with van der Waals surface area (Å²) in [4.78, 5) is 12.2. The number of thiophene rings is 1. The third kappa shape index (κ3) is 4.06. The van der Waals surface area contributed by atoms with Crippen molar-refractivity contribution >= 4 is 17.3 Å². The molecule has 1 N–H and O–H groups in total. The zero-order chi connectivity index (χ0) is 13.7. The molecule has 2 aromatic rings. The van der Waals surface area contributed by atoms with Gasteiger partial charge < -0.3 is 9.84 Å². The van der Waals surface area contributed by atoms with Gasteiger partial charge in [0.05, 0.1) is 5.92 Å². The van der Waals surface area contributed by atoms with E-state index >= 15 is 0 Å². The van der Waals surface area contributed by atoms with Gasteiger partial charge in [0.15, 0.2) is 0 Å². The second-order valence-electron chi connectivity index (χ2n) is 4.08. The summed E-state index contributed by atoms with van der Waals surface area (Å²) in [6.07, 6.45) is 0.439. The highest BCUT2D eigenvalue weighted by molar-refractivity contribution is 7.09. The van der Waals surface area contributed by atoms with Crippen molar-refractivity contribution in [3.63, 3.8) is 0 Å². The van der Waals surface area contributed by atoms with Crippen LogP contribution >= 0.6 is 11.3 Å². The van der Waals surface area contributed by atoms with Gasteiger partial charge in [-0.05, 0) is 42.1 Å². The maximum atomic E-state index is 12.7. The van der Waals surface area contributed by atoms with Crippen LogP contribution < -0.4 is 4.74 Å². The summed E-state index contributed by atoms with van der Waals surface area (Å²) in [6, 6.07) is 9.33. The van der Waals surface area contributed by atoms with E-state index in [-0.39, 0.29) is 12.4 Å². The van der Waals surface area contributed by atoms with E-state index in [1.54, 1.807) is 0 Å². The molecule has 1 atom stereocenters. The number of aliphatic carboxylic acids is 1. The molecule has 0 saturated heterocycles. The van der Waals surface area contributed by atoms with Gasteiger partial charge in [-0.1, -0.05) is 6.07 Å². The Bertz CT molecular complexity index is 522. The standard InChI is InChI=1S/C14H13FO3S/c15-11-3-5-12(6-4-11)18-9-10(14(16)17)8-13-2-1-7-19-13/h1-7,10H,8-9H2,(H,16,17). The summed E-state index contributed by atoms with van der Waals surface area (Å²) >= 11 is 1.52. The lowest BCUT2D eigenvalue weighted by Crippen LogP contribution is -2.23. The first-order valence-electron chi connectivity index (χ1n) is 5.78. The topological polar surface area (TPSA) is 46.5 Å². The summed E-state index contributed by atoms with van der Waals surface area (Å²) in [5, 5.41) is 11.1. The van der Waals surface area contributed by atoms with Gasteiger partial charge in [0.1, 0.15) is 18.2 Å². The highest BCUT2D eigenvalue weighted by atomic mass is 32.1. The van der Waals surface area contributed by atoms with Gasteiger partial charge in [-0.25, -0.2) is 4.39 Å². The minimum atomic E-state index is -0.893. The Morgan fingerprint density at radius 3 is 2.63 bits per heavy atom. The first-order valence-corrected chi connectivity index (χ1v) is 6.66. The van der Waals surface area contributed by atoms with Gasteiger partial charge in [0.2, 0.25) is 0 Å². The highest BCUT2D eigenvalue weighted by Crippen LogP contribution is 2.17. The number of rotatable bonds is 6. The van der Waals surface area contributed by atoms with Crippen molar-refractivity contribution in [2.45, 2.75) is 6.42 Å². The number of hydrogen-bond donors (Lipinski definition) is 1. The number of ether oxygens (including phenoxy) is 1. The molecule has 0 radical (unpaired) electrons. The summed E-state index contributed by atoms with van der Waals surface area (Å²) in [7, 11) is 0. The lowest BCUT2D eigenvalue weighted by molar-refractivity contribution is -0.142. The van der Waals surface area contributed by atoms with Crippen LogP contribution in [-0.2, 0) is 11.2 Å². The van der Waals surface area contributed by atoms with Crippen molar-refractivity contribution < 1.29 is 19.0 Å². The number of benzene rings is 1. The van der Waals surface area contributed by atoms with Crippen LogP contribution in [0.2, 0.25) is 0 Å². The molecule has 0 bridgehead atoms. The molecule has 100 valence electrons. The summed E-state index contributed by atoms with van der Waals surface area (Å²) in [5.41, 5.74) is 0. The number of carboxylic acids is 1. The molecule has 0 aliphatic rings. The summed E-state index contributed by atoms with van der Waals surface area (Å²) < 4.78 is 18.1. The normalized spacial score (nSPS) is 12.1. The molecule has 5 heteroatoms. The Morgan fingerprint density at radius 1 is 1.32 bits per heavy atom. The fourth-order valence-electron chi connectivity index (χ4n) is 1.62. The van der Waals surface area contributed by atoms with Crippen LogP contribution in [0.15, 0.2) is 41.8 Å². The minimum Gasteiger partial charge on any atom is -0.493 e. The monoisotopic (exact) mass is 280 g/mol. The SMILES string of the molecule is O=C(O)C(COc1ccc(F)cc1)Cc1cccs1. The van der Waals surface area contributed by atoms with E-state index in [1.165, 1.54) is 35.6 Å². The maximum absolute atomic E-state index is 12.7. The zero-order valence-electron chi connectivity index (χ0n) is 10.1. The van der Waals surface area contributed by atoms with Crippen LogP contribution in [-0.4, -0.2) is 17.7 Å². The Hall–Kier alpha value is -1.88. The average molecular weight is 280 g/mol. The van der Waals surface area contributed by atoms with Crippen molar-refractivity contribution in [1.82, 2.24) is 0 Å². The fourth-order valence-corrected chi connectivity index (χ4v) is 2.40. The molecule has 1 heterocycles. The minimum absolute atomic E-state index is 0.0683. The molecule has 0 aliphatic carbocycles. The molecule has 0 fully saturated rings. The molecule has 0 saturated carbocycles. The third-order valence-electron chi connectivity index (χ3n) is 2.64. The summed E-state index contributed by atoms with van der Waals surface area (Å²) in [6.45, 7) is 0.0683. The average Bonchev–Trinajstić information content (AvgIpc) is 2.89. The van der Waals surface area contributed by atoms with Gasteiger partial charge >= 0.3 is 5.97 Å². The molecule has 0 amide bonds. The highest BCUT2D eigenvalue weighted by Gasteiger charge is 2.19. The number of halogens is 1. The largest absolute Gasteiger partial charge is 0.493 e. The first kappa shape index (κ1) is 13.5. The summed E-state index contributed by atoms with van der Waals surface area (Å²) in [5.74, 6) is -1.38. The van der Waals surface area contributed by atoms with E-state index in [9.17, 15) is 9.18 Å². The van der Waals surface area contributed by atoms with Gasteiger partial charge in [-0.15, -0.1) is 11.3 Å². The van der Waals surface area contributed by atoms with Crippen LogP contribution in [0.3, 0.4) is 0 Å². The number of hydrogen-bond acceptors (Lipinski definition) is 3. The van der Waals surface area contributed by atoms with E-state index in [4.69, 9.17) is 9.84 Å². The molecule has 1 aromatic heterocycles. The molecular formula is C14H13FO3S. The molecule has 0 spiro atoms. The van der Waals surface area contributed by atoms with E-state index < -0.39 is 11.9 Å². The van der Waals surface area contributed by atoms with Crippen LogP contribution in [0.4, 0.5) is 4.39 Å². The smallest absolute Gasteiger partial charge is 0.310 e. The van der Waals surface area contributed by atoms with E-state index in [1.807, 2.05) is 17.5 Å². The lowest BCUT2D eigenvalue weighted by Gasteiger charge is -2.13. The predicted octanol–water partition coefficient (Wildman–Crippen LogP) is 3.21. The predicted molar refractivity (Wildman–Crippen MR) is 71.0 cm³/mol. The van der Waals surface area contributed by atoms with Gasteiger partial charge in [0.25, 0.3) is 0 Å². The molecular weight excluding hydrogens is 267 g/mol. The van der Waals surface area contributed by atoms with E-state index in [2.05, 4.69) is 0 Å². The molecule has 2 rings (SSSR count). The molecule has 0 aliphatic heterocycles. The number of carboxylic acid groups (broad SMARTS) is 1. The number of carbonyl (C=O) groups is 1. The van der Waals surface area contributed by atoms with Crippen LogP contribution in [0.25, 0.3) is 0 Å². The second-order valence-corrected chi connectivity index (χ2v) is 5.12. The van der Waals surface area contributed by atoms with E-state index in [0.29, 0.717) is 12.2 Å². The van der Waals surface area contributed by atoms with Gasteiger partial charge in [-0.3, -0.25) is 4.79 Å². The fraction of sp³-hybridized carbons (Fsp3) is 0.214. The Balaban J connectivity index is 1.93. The van der Waals surface area contributed by atoms with Crippen molar-refractivity contribution in [2.24, 2.45) is 5.92 Å². The van der Waals surface area contributed by atoms with Crippen LogP contribution in [0, 0.1) is 11.7 Å². The first-order chi connectivity index (χ1) is 9.15. The lowest BCUT2D eigenvalue weighted by atomic mass is 10.1. The Kier molecular flexibility index (Phi) is 4.52. The zero-order valence-corrected chi connectivity index (χ0v) is 10.9. The van der Waals surface area contributed by atoms with Crippen LogP contribution in [0.1, 0.15) is 4.88 Å². The molecule has 19 heavy (non-hydrogen) atoms. The quantitative estimate of drug-likeness (QED) is 0.883.